The molecule has 0 spiro atoms. The number of nitrogens with one attached hydrogen (secondary N) is 1. The molecule has 90 valence electrons. The minimum atomic E-state index is -1.23. The monoisotopic (exact) mass is 226 g/mol. The van der Waals surface area contributed by atoms with Crippen molar-refractivity contribution in [2.45, 2.75) is 19.4 Å². The zero-order valence-corrected chi connectivity index (χ0v) is 9.55. The number of aliphatic carboxylic acids is 1. The minimum Gasteiger partial charge on any atom is -0.479 e. The van der Waals surface area contributed by atoms with E-state index in [9.17, 15) is 4.79 Å². The number of carboxylic acids is 1. The van der Waals surface area contributed by atoms with Crippen LogP contribution in [-0.2, 0) is 11.2 Å². The van der Waals surface area contributed by atoms with Crippen molar-refractivity contribution in [1.29, 1.82) is 0 Å². The SMILES string of the molecule is CC(O)C(=O)O.CNCCc1ccccn1. The van der Waals surface area contributed by atoms with Crippen molar-refractivity contribution in [2.75, 3.05) is 13.6 Å². The van der Waals surface area contributed by atoms with Crippen molar-refractivity contribution in [1.82, 2.24) is 10.3 Å². The number of nitrogens with zero attached hydrogens (tertiary/aromatic N) is 1. The summed E-state index contributed by atoms with van der Waals surface area (Å²) in [6, 6.07) is 5.98. The van der Waals surface area contributed by atoms with Crippen molar-refractivity contribution >= 4 is 5.97 Å². The molecule has 16 heavy (non-hydrogen) atoms. The summed E-state index contributed by atoms with van der Waals surface area (Å²) in [7, 11) is 1.95. The third-order valence-electron chi connectivity index (χ3n) is 1.71. The molecular weight excluding hydrogens is 208 g/mol. The molecule has 0 saturated carbocycles. The highest BCUT2D eigenvalue weighted by atomic mass is 16.4. The summed E-state index contributed by atoms with van der Waals surface area (Å²) in [6.45, 7) is 2.19. The topological polar surface area (TPSA) is 82.5 Å². The quantitative estimate of drug-likeness (QED) is 0.687. The molecular formula is C11H18N2O3. The Kier molecular flexibility index (Phi) is 8.01. The molecule has 5 heteroatoms. The fourth-order valence-electron chi connectivity index (χ4n) is 0.799. The summed E-state index contributed by atoms with van der Waals surface area (Å²) in [4.78, 5) is 13.6. The van der Waals surface area contributed by atoms with Crippen LogP contribution in [0.2, 0.25) is 0 Å². The first-order valence-corrected chi connectivity index (χ1v) is 5.03. The van der Waals surface area contributed by atoms with Gasteiger partial charge in [-0.05, 0) is 26.1 Å². The Morgan fingerprint density at radius 1 is 1.56 bits per heavy atom. The third-order valence-corrected chi connectivity index (χ3v) is 1.71. The minimum absolute atomic E-state index is 0.997. The van der Waals surface area contributed by atoms with Crippen LogP contribution in [0.15, 0.2) is 24.4 Å². The molecule has 1 atom stereocenters. The van der Waals surface area contributed by atoms with Crippen LogP contribution in [-0.4, -0.2) is 40.9 Å². The van der Waals surface area contributed by atoms with Crippen molar-refractivity contribution in [2.24, 2.45) is 0 Å². The highest BCUT2D eigenvalue weighted by Gasteiger charge is 2.01. The fourth-order valence-corrected chi connectivity index (χ4v) is 0.799. The van der Waals surface area contributed by atoms with Crippen molar-refractivity contribution in [3.05, 3.63) is 30.1 Å². The summed E-state index contributed by atoms with van der Waals surface area (Å²) in [5, 5.41) is 18.8. The van der Waals surface area contributed by atoms with Crippen molar-refractivity contribution in [3.8, 4) is 0 Å². The lowest BCUT2D eigenvalue weighted by Gasteiger charge is -1.96. The van der Waals surface area contributed by atoms with E-state index < -0.39 is 12.1 Å². The van der Waals surface area contributed by atoms with Crippen LogP contribution in [0.1, 0.15) is 12.6 Å². The summed E-state index contributed by atoms with van der Waals surface area (Å²) in [5.41, 5.74) is 1.15. The van der Waals surface area contributed by atoms with E-state index in [0.717, 1.165) is 18.7 Å². The highest BCUT2D eigenvalue weighted by Crippen LogP contribution is 1.92. The molecule has 0 fully saturated rings. The van der Waals surface area contributed by atoms with Gasteiger partial charge in [0.15, 0.2) is 0 Å². The van der Waals surface area contributed by atoms with Gasteiger partial charge in [-0.25, -0.2) is 4.79 Å². The molecule has 1 unspecified atom stereocenters. The first kappa shape index (κ1) is 14.5. The summed E-state index contributed by atoms with van der Waals surface area (Å²) >= 11 is 0. The molecule has 0 aliphatic carbocycles. The molecule has 0 amide bonds. The second-order valence-corrected chi connectivity index (χ2v) is 3.19. The molecule has 0 aromatic carbocycles. The Labute approximate surface area is 95.1 Å². The maximum absolute atomic E-state index is 9.45. The zero-order chi connectivity index (χ0) is 12.4. The third kappa shape index (κ3) is 7.90. The molecule has 5 nitrogen and oxygen atoms in total. The van der Waals surface area contributed by atoms with Gasteiger partial charge >= 0.3 is 5.97 Å². The van der Waals surface area contributed by atoms with Gasteiger partial charge in [0, 0.05) is 24.9 Å². The number of carbonyl (C=O) groups is 1. The van der Waals surface area contributed by atoms with E-state index in [0.29, 0.717) is 0 Å². The van der Waals surface area contributed by atoms with Gasteiger partial charge in [-0.15, -0.1) is 0 Å². The van der Waals surface area contributed by atoms with E-state index in [1.54, 1.807) is 0 Å². The fraction of sp³-hybridized carbons (Fsp3) is 0.455. The maximum Gasteiger partial charge on any atom is 0.332 e. The Morgan fingerprint density at radius 2 is 2.19 bits per heavy atom. The summed E-state index contributed by atoms with van der Waals surface area (Å²) in [6.07, 6.45) is 1.60. The molecule has 0 radical (unpaired) electrons. The Morgan fingerprint density at radius 3 is 2.56 bits per heavy atom. The van der Waals surface area contributed by atoms with Crippen molar-refractivity contribution < 1.29 is 15.0 Å². The Balaban J connectivity index is 0.000000325. The second-order valence-electron chi connectivity index (χ2n) is 3.19. The number of hydrogen-bond donors (Lipinski definition) is 3. The first-order valence-electron chi connectivity index (χ1n) is 5.03. The van der Waals surface area contributed by atoms with E-state index in [2.05, 4.69) is 10.3 Å². The summed E-state index contributed by atoms with van der Waals surface area (Å²) < 4.78 is 0. The van der Waals surface area contributed by atoms with Gasteiger partial charge in [0.1, 0.15) is 6.10 Å². The number of likely N-dealkylation sites (N-methyl/N-ethyl adjacent to an activating group) is 1. The van der Waals surface area contributed by atoms with Crippen LogP contribution >= 0.6 is 0 Å². The van der Waals surface area contributed by atoms with E-state index in [1.807, 2.05) is 31.4 Å². The highest BCUT2D eigenvalue weighted by molar-refractivity contribution is 5.71. The van der Waals surface area contributed by atoms with Crippen LogP contribution in [0.5, 0.6) is 0 Å². The van der Waals surface area contributed by atoms with Crippen LogP contribution in [0.25, 0.3) is 0 Å². The number of carboxylic acid groups (broad SMARTS) is 1. The first-order chi connectivity index (χ1) is 7.57. The lowest BCUT2D eigenvalue weighted by molar-refractivity contribution is -0.145. The molecule has 0 aliphatic rings. The van der Waals surface area contributed by atoms with Gasteiger partial charge in [0.25, 0.3) is 0 Å². The van der Waals surface area contributed by atoms with E-state index in [4.69, 9.17) is 10.2 Å². The van der Waals surface area contributed by atoms with E-state index in [1.165, 1.54) is 6.92 Å². The zero-order valence-electron chi connectivity index (χ0n) is 9.55. The number of rotatable bonds is 4. The van der Waals surface area contributed by atoms with Gasteiger partial charge in [-0.3, -0.25) is 4.98 Å². The van der Waals surface area contributed by atoms with Gasteiger partial charge in [0.05, 0.1) is 0 Å². The molecule has 1 aromatic rings. The predicted octanol–water partition coefficient (Wildman–Crippen LogP) is 0.295. The second kappa shape index (κ2) is 8.82. The standard InChI is InChI=1S/C8H12N2.C3H6O3/c1-9-7-5-8-4-2-3-6-10-8;1-2(4)3(5)6/h2-4,6,9H,5,7H2,1H3;2,4H,1H3,(H,5,6). The largest absolute Gasteiger partial charge is 0.479 e. The van der Waals surface area contributed by atoms with Crippen LogP contribution in [0.3, 0.4) is 0 Å². The van der Waals surface area contributed by atoms with Crippen molar-refractivity contribution in [3.63, 3.8) is 0 Å². The number of hydrogen-bond acceptors (Lipinski definition) is 4. The molecule has 1 aromatic heterocycles. The maximum atomic E-state index is 9.45. The lowest BCUT2D eigenvalue weighted by Crippen LogP contribution is -2.13. The van der Waals surface area contributed by atoms with Gasteiger partial charge in [-0.2, -0.15) is 0 Å². The van der Waals surface area contributed by atoms with Crippen LogP contribution in [0.4, 0.5) is 0 Å². The number of aromatic nitrogens is 1. The van der Waals surface area contributed by atoms with Gasteiger partial charge in [-0.1, -0.05) is 6.07 Å². The lowest BCUT2D eigenvalue weighted by atomic mass is 10.3. The van der Waals surface area contributed by atoms with Crippen LogP contribution in [0, 0.1) is 0 Å². The van der Waals surface area contributed by atoms with Gasteiger partial charge < -0.3 is 15.5 Å². The number of pyridine rings is 1. The van der Waals surface area contributed by atoms with E-state index in [-0.39, 0.29) is 0 Å². The average molecular weight is 226 g/mol. The Hall–Kier alpha value is -1.46. The molecule has 1 heterocycles. The predicted molar refractivity (Wildman–Crippen MR) is 61.2 cm³/mol. The molecule has 0 saturated heterocycles. The number of aliphatic hydroxyl groups excluding tert-OH is 1. The van der Waals surface area contributed by atoms with Gasteiger partial charge in [0.2, 0.25) is 0 Å². The molecule has 0 aliphatic heterocycles. The Bertz CT molecular complexity index is 289. The molecule has 0 bridgehead atoms. The summed E-state index contributed by atoms with van der Waals surface area (Å²) in [5.74, 6) is -1.19. The van der Waals surface area contributed by atoms with Crippen LogP contribution < -0.4 is 5.32 Å². The number of aliphatic hydroxyl groups is 1. The average Bonchev–Trinajstić information content (AvgIpc) is 2.28. The van der Waals surface area contributed by atoms with E-state index >= 15 is 0 Å². The smallest absolute Gasteiger partial charge is 0.332 e. The molecule has 3 N–H and O–H groups in total. The normalized spacial score (nSPS) is 11.2. The molecule has 1 rings (SSSR count).